The summed E-state index contributed by atoms with van der Waals surface area (Å²) < 4.78 is 18.0. The Kier molecular flexibility index (Phi) is 4.00. The summed E-state index contributed by atoms with van der Waals surface area (Å²) in [6.45, 7) is 11.3. The van der Waals surface area contributed by atoms with Crippen LogP contribution in [0, 0.1) is 5.92 Å². The van der Waals surface area contributed by atoms with E-state index in [1.807, 2.05) is 24.3 Å². The average molecular weight is 303 g/mol. The minimum absolute atomic E-state index is 0.302. The van der Waals surface area contributed by atoms with Gasteiger partial charge in [-0.1, -0.05) is 12.1 Å². The molecule has 0 bridgehead atoms. The molecule has 2 fully saturated rings. The quantitative estimate of drug-likeness (QED) is 0.795. The molecular formula is C17H26BNO3. The number of hydrogen-bond donors (Lipinski definition) is 0. The fourth-order valence-electron chi connectivity index (χ4n) is 2.85. The Balaban J connectivity index is 1.58. The van der Waals surface area contributed by atoms with E-state index in [0.29, 0.717) is 5.92 Å². The van der Waals surface area contributed by atoms with E-state index in [0.717, 1.165) is 30.9 Å². The average Bonchev–Trinajstić information content (AvgIpc) is 2.63. The zero-order chi connectivity index (χ0) is 16.0. The second-order valence-corrected chi connectivity index (χ2v) is 7.56. The first kappa shape index (κ1) is 15.8. The van der Waals surface area contributed by atoms with Crippen molar-refractivity contribution in [2.24, 2.45) is 5.92 Å². The van der Waals surface area contributed by atoms with Gasteiger partial charge >= 0.3 is 7.12 Å². The first-order valence-corrected chi connectivity index (χ1v) is 8.04. The van der Waals surface area contributed by atoms with Gasteiger partial charge in [-0.05, 0) is 52.3 Å². The molecule has 2 aliphatic heterocycles. The molecule has 2 aliphatic rings. The lowest BCUT2D eigenvalue weighted by Crippen LogP contribution is -2.46. The van der Waals surface area contributed by atoms with Crippen molar-refractivity contribution in [1.29, 1.82) is 0 Å². The van der Waals surface area contributed by atoms with Gasteiger partial charge in [0.25, 0.3) is 0 Å². The Morgan fingerprint density at radius 3 is 2.14 bits per heavy atom. The highest BCUT2D eigenvalue weighted by Gasteiger charge is 2.51. The highest BCUT2D eigenvalue weighted by Crippen LogP contribution is 2.36. The minimum Gasteiger partial charge on any atom is -0.493 e. The zero-order valence-corrected chi connectivity index (χ0v) is 14.3. The fourth-order valence-corrected chi connectivity index (χ4v) is 2.85. The molecule has 120 valence electrons. The normalized spacial score (nSPS) is 24.3. The number of ether oxygens (including phenoxy) is 1. The lowest BCUT2D eigenvalue weighted by molar-refractivity contribution is 0.00578. The first-order chi connectivity index (χ1) is 10.3. The Morgan fingerprint density at radius 1 is 1.09 bits per heavy atom. The van der Waals surface area contributed by atoms with Gasteiger partial charge in [0.2, 0.25) is 0 Å². The van der Waals surface area contributed by atoms with E-state index >= 15 is 0 Å². The van der Waals surface area contributed by atoms with Crippen molar-refractivity contribution in [3.05, 3.63) is 24.3 Å². The molecule has 2 heterocycles. The molecule has 1 aromatic carbocycles. The van der Waals surface area contributed by atoms with Crippen LogP contribution < -0.4 is 10.2 Å². The molecule has 3 rings (SSSR count). The highest BCUT2D eigenvalue weighted by atomic mass is 16.7. The van der Waals surface area contributed by atoms with Gasteiger partial charge in [-0.2, -0.15) is 0 Å². The van der Waals surface area contributed by atoms with Crippen LogP contribution in [0.4, 0.5) is 0 Å². The number of hydrogen-bond acceptors (Lipinski definition) is 4. The molecule has 2 saturated heterocycles. The Bertz CT molecular complexity index is 507. The molecule has 0 saturated carbocycles. The maximum atomic E-state index is 6.06. The van der Waals surface area contributed by atoms with E-state index in [4.69, 9.17) is 14.0 Å². The van der Waals surface area contributed by atoms with Crippen LogP contribution in [0.2, 0.25) is 0 Å². The van der Waals surface area contributed by atoms with E-state index in [1.165, 1.54) is 0 Å². The number of nitrogens with zero attached hydrogens (tertiary/aromatic N) is 1. The van der Waals surface area contributed by atoms with Gasteiger partial charge in [0.05, 0.1) is 17.8 Å². The maximum absolute atomic E-state index is 6.06. The molecule has 0 amide bonds. The van der Waals surface area contributed by atoms with Crippen LogP contribution >= 0.6 is 0 Å². The second-order valence-electron chi connectivity index (χ2n) is 7.56. The summed E-state index contributed by atoms with van der Waals surface area (Å²) in [5.41, 5.74) is 0.431. The van der Waals surface area contributed by atoms with Crippen LogP contribution in [0.25, 0.3) is 0 Å². The third kappa shape index (κ3) is 3.03. The van der Waals surface area contributed by atoms with Crippen molar-refractivity contribution in [2.45, 2.75) is 38.9 Å². The summed E-state index contributed by atoms with van der Waals surface area (Å²) in [5.74, 6) is 1.57. The number of rotatable bonds is 4. The zero-order valence-electron chi connectivity index (χ0n) is 14.3. The van der Waals surface area contributed by atoms with E-state index in [-0.39, 0.29) is 18.3 Å². The van der Waals surface area contributed by atoms with E-state index in [1.54, 1.807) is 0 Å². The lowest BCUT2D eigenvalue weighted by Gasteiger charge is -2.35. The van der Waals surface area contributed by atoms with Gasteiger partial charge in [-0.25, -0.2) is 0 Å². The predicted octanol–water partition coefficient (Wildman–Crippen LogP) is 1.93. The van der Waals surface area contributed by atoms with E-state index < -0.39 is 0 Å². The van der Waals surface area contributed by atoms with Crippen LogP contribution in [-0.4, -0.2) is 50.0 Å². The SMILES string of the molecule is CN1CC(COc2ccc(B3OC(C)(C)C(C)(C)O3)cc2)C1. The molecule has 4 nitrogen and oxygen atoms in total. The number of likely N-dealkylation sites (tertiary alicyclic amines) is 1. The van der Waals surface area contributed by atoms with Crippen molar-refractivity contribution < 1.29 is 14.0 Å². The third-order valence-electron chi connectivity index (χ3n) is 5.03. The molecule has 0 radical (unpaired) electrons. The lowest BCUT2D eigenvalue weighted by atomic mass is 9.79. The second kappa shape index (κ2) is 5.55. The summed E-state index contributed by atoms with van der Waals surface area (Å²) in [7, 11) is 1.83. The van der Waals surface area contributed by atoms with E-state index in [2.05, 4.69) is 39.6 Å². The van der Waals surface area contributed by atoms with Crippen molar-refractivity contribution in [3.8, 4) is 5.75 Å². The van der Waals surface area contributed by atoms with Gasteiger partial charge in [0.15, 0.2) is 0 Å². The van der Waals surface area contributed by atoms with Crippen molar-refractivity contribution >= 4 is 12.6 Å². The molecular weight excluding hydrogens is 277 g/mol. The Morgan fingerprint density at radius 2 is 1.64 bits per heavy atom. The molecule has 0 unspecified atom stereocenters. The maximum Gasteiger partial charge on any atom is 0.494 e. The molecule has 22 heavy (non-hydrogen) atoms. The largest absolute Gasteiger partial charge is 0.494 e. The fraction of sp³-hybridized carbons (Fsp3) is 0.647. The molecule has 1 aromatic rings. The Labute approximate surface area is 133 Å². The summed E-state index contributed by atoms with van der Waals surface area (Å²) >= 11 is 0. The van der Waals surface area contributed by atoms with Crippen molar-refractivity contribution in [3.63, 3.8) is 0 Å². The van der Waals surface area contributed by atoms with Crippen LogP contribution in [0.1, 0.15) is 27.7 Å². The van der Waals surface area contributed by atoms with Gasteiger partial charge in [-0.15, -0.1) is 0 Å². The molecule has 0 spiro atoms. The molecule has 0 aliphatic carbocycles. The predicted molar refractivity (Wildman–Crippen MR) is 88.6 cm³/mol. The van der Waals surface area contributed by atoms with Crippen LogP contribution in [0.3, 0.4) is 0 Å². The third-order valence-corrected chi connectivity index (χ3v) is 5.03. The van der Waals surface area contributed by atoms with Gasteiger partial charge in [0, 0.05) is 19.0 Å². The highest BCUT2D eigenvalue weighted by molar-refractivity contribution is 6.62. The molecule has 5 heteroatoms. The summed E-state index contributed by atoms with van der Waals surface area (Å²) in [4.78, 5) is 2.30. The van der Waals surface area contributed by atoms with Gasteiger partial charge < -0.3 is 18.9 Å². The Hall–Kier alpha value is -1.04. The van der Waals surface area contributed by atoms with Crippen LogP contribution in [0.5, 0.6) is 5.75 Å². The van der Waals surface area contributed by atoms with Gasteiger partial charge in [-0.3, -0.25) is 0 Å². The van der Waals surface area contributed by atoms with Gasteiger partial charge in [0.1, 0.15) is 5.75 Å². The first-order valence-electron chi connectivity index (χ1n) is 8.04. The molecule has 0 atom stereocenters. The smallest absolute Gasteiger partial charge is 0.493 e. The van der Waals surface area contributed by atoms with Crippen molar-refractivity contribution in [2.75, 3.05) is 26.7 Å². The monoisotopic (exact) mass is 303 g/mol. The topological polar surface area (TPSA) is 30.9 Å². The van der Waals surface area contributed by atoms with E-state index in [9.17, 15) is 0 Å². The molecule has 0 N–H and O–H groups in total. The van der Waals surface area contributed by atoms with Crippen molar-refractivity contribution in [1.82, 2.24) is 4.90 Å². The number of benzene rings is 1. The molecule has 0 aromatic heterocycles. The van der Waals surface area contributed by atoms with Crippen LogP contribution in [-0.2, 0) is 9.31 Å². The van der Waals surface area contributed by atoms with Crippen LogP contribution in [0.15, 0.2) is 24.3 Å². The summed E-state index contributed by atoms with van der Waals surface area (Å²) in [6, 6.07) is 8.07. The summed E-state index contributed by atoms with van der Waals surface area (Å²) in [6.07, 6.45) is 0. The summed E-state index contributed by atoms with van der Waals surface area (Å²) in [5, 5.41) is 0. The minimum atomic E-state index is -0.306. The standard InChI is InChI=1S/C17H26BNO3/c1-16(2)17(3,4)22-18(21-16)14-6-8-15(9-7-14)20-12-13-10-19(5)11-13/h6-9,13H,10-12H2,1-5H3.